The second-order valence-corrected chi connectivity index (χ2v) is 7.81. The lowest BCUT2D eigenvalue weighted by atomic mass is 10.5. The largest absolute Gasteiger partial charge is 0.377 e. The molecule has 0 amide bonds. The van der Waals surface area contributed by atoms with Gasteiger partial charge in [0.15, 0.2) is 0 Å². The average Bonchev–Trinajstić information content (AvgIpc) is 2.77. The molecule has 7 heteroatoms. The summed E-state index contributed by atoms with van der Waals surface area (Å²) in [6, 6.07) is 3.33. The summed E-state index contributed by atoms with van der Waals surface area (Å²) in [7, 11) is -1.86. The molecule has 4 nitrogen and oxygen atoms in total. The van der Waals surface area contributed by atoms with Gasteiger partial charge in [-0.1, -0.05) is 0 Å². The first-order chi connectivity index (χ1) is 8.37. The molecule has 0 saturated heterocycles. The highest BCUT2D eigenvalue weighted by atomic mass is 35.5. The Morgan fingerprint density at radius 3 is 2.61 bits per heavy atom. The van der Waals surface area contributed by atoms with Crippen LogP contribution in [-0.2, 0) is 20.6 Å². The molecule has 0 aliphatic carbocycles. The highest BCUT2D eigenvalue weighted by Gasteiger charge is 2.22. The molecule has 0 atom stereocenters. The van der Waals surface area contributed by atoms with E-state index in [0.29, 0.717) is 23.2 Å². The zero-order valence-corrected chi connectivity index (χ0v) is 13.1. The normalized spacial score (nSPS) is 12.6. The predicted octanol–water partition coefficient (Wildman–Crippen LogP) is 2.53. The number of halogens is 1. The van der Waals surface area contributed by atoms with Crippen molar-refractivity contribution < 1.29 is 13.2 Å². The van der Waals surface area contributed by atoms with Gasteiger partial charge in [0.1, 0.15) is 4.21 Å². The number of ether oxygens (including phenoxy) is 1. The molecule has 0 spiro atoms. The number of rotatable bonds is 7. The molecule has 104 valence electrons. The van der Waals surface area contributed by atoms with E-state index in [0.717, 1.165) is 4.88 Å². The van der Waals surface area contributed by atoms with Crippen LogP contribution >= 0.6 is 22.9 Å². The maximum absolute atomic E-state index is 12.2. The fourth-order valence-corrected chi connectivity index (χ4v) is 4.08. The molecule has 0 unspecified atom stereocenters. The quantitative estimate of drug-likeness (QED) is 0.727. The Hall–Kier alpha value is -0.140. The maximum atomic E-state index is 12.2. The second kappa shape index (κ2) is 6.86. The summed E-state index contributed by atoms with van der Waals surface area (Å²) >= 11 is 6.88. The van der Waals surface area contributed by atoms with Crippen molar-refractivity contribution in [1.29, 1.82) is 0 Å². The SMILES string of the molecule is CC(C)OCCN(C)S(=O)(=O)c1ccc(CCl)s1. The maximum Gasteiger partial charge on any atom is 0.252 e. The van der Waals surface area contributed by atoms with Gasteiger partial charge in [0.25, 0.3) is 10.0 Å². The summed E-state index contributed by atoms with van der Waals surface area (Å²) in [6.45, 7) is 4.57. The molecule has 1 heterocycles. The topological polar surface area (TPSA) is 46.6 Å². The van der Waals surface area contributed by atoms with E-state index in [4.69, 9.17) is 16.3 Å². The Kier molecular flexibility index (Phi) is 6.07. The molecule has 0 aliphatic rings. The summed E-state index contributed by atoms with van der Waals surface area (Å²) in [5.41, 5.74) is 0. The van der Waals surface area contributed by atoms with Crippen molar-refractivity contribution in [2.75, 3.05) is 20.2 Å². The molecular weight excluding hydrogens is 294 g/mol. The van der Waals surface area contributed by atoms with Crippen LogP contribution in [-0.4, -0.2) is 39.0 Å². The van der Waals surface area contributed by atoms with E-state index in [2.05, 4.69) is 0 Å². The fourth-order valence-electron chi connectivity index (χ4n) is 1.26. The van der Waals surface area contributed by atoms with E-state index in [9.17, 15) is 8.42 Å². The Morgan fingerprint density at radius 1 is 1.44 bits per heavy atom. The molecule has 0 bridgehead atoms. The third-order valence-corrected chi connectivity index (χ3v) is 6.15. The standard InChI is InChI=1S/C11H18ClNO3S2/c1-9(2)16-7-6-13(3)18(14,15)11-5-4-10(8-12)17-11/h4-5,9H,6-8H2,1-3H3. The summed E-state index contributed by atoms with van der Waals surface area (Å²) in [5, 5.41) is 0. The van der Waals surface area contributed by atoms with Crippen LogP contribution in [0.1, 0.15) is 18.7 Å². The van der Waals surface area contributed by atoms with E-state index >= 15 is 0 Å². The summed E-state index contributed by atoms with van der Waals surface area (Å²) in [6.07, 6.45) is 0.102. The Morgan fingerprint density at radius 2 is 2.11 bits per heavy atom. The fraction of sp³-hybridized carbons (Fsp3) is 0.636. The van der Waals surface area contributed by atoms with Crippen molar-refractivity contribution in [3.8, 4) is 0 Å². The minimum Gasteiger partial charge on any atom is -0.377 e. The van der Waals surface area contributed by atoms with Crippen LogP contribution in [0.15, 0.2) is 16.3 Å². The zero-order chi connectivity index (χ0) is 13.8. The highest BCUT2D eigenvalue weighted by molar-refractivity contribution is 7.91. The van der Waals surface area contributed by atoms with Crippen LogP contribution in [0, 0.1) is 0 Å². The Balaban J connectivity index is 2.67. The van der Waals surface area contributed by atoms with Crippen LogP contribution in [0.2, 0.25) is 0 Å². The van der Waals surface area contributed by atoms with Gasteiger partial charge < -0.3 is 4.74 Å². The first-order valence-corrected chi connectivity index (χ1v) is 8.39. The number of hydrogen-bond donors (Lipinski definition) is 0. The average molecular weight is 312 g/mol. The van der Waals surface area contributed by atoms with Gasteiger partial charge in [0.2, 0.25) is 0 Å². The van der Waals surface area contributed by atoms with Gasteiger partial charge in [-0.15, -0.1) is 22.9 Å². The third kappa shape index (κ3) is 4.20. The van der Waals surface area contributed by atoms with Gasteiger partial charge in [-0.2, -0.15) is 4.31 Å². The van der Waals surface area contributed by atoms with E-state index in [1.54, 1.807) is 19.2 Å². The van der Waals surface area contributed by atoms with E-state index in [-0.39, 0.29) is 6.10 Å². The van der Waals surface area contributed by atoms with Crippen LogP contribution in [0.25, 0.3) is 0 Å². The number of hydrogen-bond acceptors (Lipinski definition) is 4. The molecule has 0 radical (unpaired) electrons. The first kappa shape index (κ1) is 15.9. The van der Waals surface area contributed by atoms with Crippen LogP contribution in [0.3, 0.4) is 0 Å². The predicted molar refractivity (Wildman–Crippen MR) is 74.8 cm³/mol. The number of likely N-dealkylation sites (N-methyl/N-ethyl adjacent to an activating group) is 1. The lowest BCUT2D eigenvalue weighted by Gasteiger charge is -2.16. The number of alkyl halides is 1. The summed E-state index contributed by atoms with van der Waals surface area (Å²) in [5.74, 6) is 0.334. The lowest BCUT2D eigenvalue weighted by Crippen LogP contribution is -2.30. The van der Waals surface area contributed by atoms with Crippen LogP contribution in [0.4, 0.5) is 0 Å². The number of nitrogens with zero attached hydrogens (tertiary/aromatic N) is 1. The monoisotopic (exact) mass is 311 g/mol. The zero-order valence-electron chi connectivity index (χ0n) is 10.7. The van der Waals surface area contributed by atoms with E-state index in [1.165, 1.54) is 15.6 Å². The molecule has 1 aromatic rings. The molecular formula is C11H18ClNO3S2. The van der Waals surface area contributed by atoms with Crippen molar-refractivity contribution in [1.82, 2.24) is 4.31 Å². The summed E-state index contributed by atoms with van der Waals surface area (Å²) < 4.78 is 31.3. The summed E-state index contributed by atoms with van der Waals surface area (Å²) in [4.78, 5) is 0.849. The van der Waals surface area contributed by atoms with Gasteiger partial charge in [0.05, 0.1) is 18.6 Å². The van der Waals surface area contributed by atoms with Gasteiger partial charge in [-0.25, -0.2) is 8.42 Å². The smallest absolute Gasteiger partial charge is 0.252 e. The Bertz CT molecular complexity index is 470. The molecule has 0 aromatic carbocycles. The van der Waals surface area contributed by atoms with Crippen molar-refractivity contribution in [3.05, 3.63) is 17.0 Å². The number of thiophene rings is 1. The van der Waals surface area contributed by atoms with E-state index < -0.39 is 10.0 Å². The third-order valence-electron chi connectivity index (χ3n) is 2.29. The minimum absolute atomic E-state index is 0.102. The molecule has 18 heavy (non-hydrogen) atoms. The molecule has 0 saturated carbocycles. The van der Waals surface area contributed by atoms with Gasteiger partial charge in [-0.05, 0) is 26.0 Å². The molecule has 0 aliphatic heterocycles. The number of sulfonamides is 1. The molecule has 0 fully saturated rings. The Labute approximate surface area is 118 Å². The van der Waals surface area contributed by atoms with Crippen molar-refractivity contribution in [2.24, 2.45) is 0 Å². The first-order valence-electron chi connectivity index (χ1n) is 5.60. The molecule has 0 N–H and O–H groups in total. The second-order valence-electron chi connectivity index (χ2n) is 4.10. The van der Waals surface area contributed by atoms with Crippen LogP contribution < -0.4 is 0 Å². The van der Waals surface area contributed by atoms with Crippen LogP contribution in [0.5, 0.6) is 0 Å². The van der Waals surface area contributed by atoms with Crippen molar-refractivity contribution >= 4 is 33.0 Å². The molecule has 1 rings (SSSR count). The minimum atomic E-state index is -3.41. The lowest BCUT2D eigenvalue weighted by molar-refractivity contribution is 0.0737. The highest BCUT2D eigenvalue weighted by Crippen LogP contribution is 2.25. The van der Waals surface area contributed by atoms with Crippen molar-refractivity contribution in [3.63, 3.8) is 0 Å². The van der Waals surface area contributed by atoms with Gasteiger partial charge >= 0.3 is 0 Å². The molecule has 1 aromatic heterocycles. The van der Waals surface area contributed by atoms with Gasteiger partial charge in [0, 0.05) is 18.5 Å². The van der Waals surface area contributed by atoms with Gasteiger partial charge in [-0.3, -0.25) is 0 Å². The van der Waals surface area contributed by atoms with E-state index in [1.807, 2.05) is 13.8 Å². The van der Waals surface area contributed by atoms with Crippen molar-refractivity contribution in [2.45, 2.75) is 30.0 Å².